The number of nitrogens with one attached hydrogen (secondary N) is 5. The molecule has 0 spiro atoms. The molecule has 0 unspecified atom stereocenters. The fourth-order valence-corrected chi connectivity index (χ4v) is 4.73. The molecule has 1 heterocycles. The molecule has 0 radical (unpaired) electrons. The summed E-state index contributed by atoms with van der Waals surface area (Å²) in [6, 6.07) is 3.18. The van der Waals surface area contributed by atoms with Crippen molar-refractivity contribution in [3.05, 3.63) is 36.0 Å². The van der Waals surface area contributed by atoms with E-state index in [1.807, 2.05) is 38.1 Å². The van der Waals surface area contributed by atoms with Gasteiger partial charge in [-0.1, -0.05) is 32.0 Å². The lowest BCUT2D eigenvalue weighted by atomic mass is 9.99. The smallest absolute Gasteiger partial charge is 0.303 e. The minimum Gasteiger partial charge on any atom is -0.481 e. The van der Waals surface area contributed by atoms with E-state index in [4.69, 9.17) is 16.6 Å². The Labute approximate surface area is 256 Å². The topological polar surface area (TPSA) is 239 Å². The SMILES string of the molecule is CC(C)C[C@H](NC(=O)[C@H](CCCCN)NC(=O)CN)C(=O)N[C@@H](Cc1c[nH]c2ccccc12)C(=O)N[C@H](C=O)CCC(=O)O. The van der Waals surface area contributed by atoms with E-state index in [9.17, 15) is 28.8 Å². The van der Waals surface area contributed by atoms with Gasteiger partial charge in [-0.05, 0) is 56.2 Å². The van der Waals surface area contributed by atoms with Crippen LogP contribution in [0.15, 0.2) is 30.5 Å². The summed E-state index contributed by atoms with van der Waals surface area (Å²) in [6.45, 7) is 3.84. The highest BCUT2D eigenvalue weighted by molar-refractivity contribution is 5.95. The van der Waals surface area contributed by atoms with Crippen LogP contribution in [-0.2, 0) is 35.2 Å². The molecular weight excluding hydrogens is 570 g/mol. The van der Waals surface area contributed by atoms with Crippen LogP contribution in [0.4, 0.5) is 0 Å². The Morgan fingerprint density at radius 3 is 2.18 bits per heavy atom. The second kappa shape index (κ2) is 18.4. The molecule has 0 saturated carbocycles. The van der Waals surface area contributed by atoms with E-state index in [0.717, 1.165) is 16.5 Å². The normalized spacial score (nSPS) is 13.8. The number of benzene rings is 1. The van der Waals surface area contributed by atoms with Crippen LogP contribution in [0.2, 0.25) is 0 Å². The first-order valence-electron chi connectivity index (χ1n) is 14.8. The number of aromatic nitrogens is 1. The largest absolute Gasteiger partial charge is 0.481 e. The molecule has 0 aliphatic carbocycles. The zero-order valence-corrected chi connectivity index (χ0v) is 25.3. The number of hydrogen-bond acceptors (Lipinski definition) is 8. The molecule has 4 atom stereocenters. The quantitative estimate of drug-likeness (QED) is 0.0729. The standard InChI is InChI=1S/C30H45N7O7/c1-18(2)13-24(36-28(42)23(9-5-6-12-31)35-26(39)15-32)30(44)37-25(29(43)34-20(17-38)10-11-27(40)41)14-19-16-33-22-8-4-3-7-21(19)22/h3-4,7-8,16-18,20,23-25,33H,5-6,9-15,31-32H2,1-2H3,(H,34,43)(H,35,39)(H,36,42)(H,37,44)(H,40,41)/t20-,23-,24-,25-/m0/s1. The van der Waals surface area contributed by atoms with E-state index in [-0.39, 0.29) is 38.1 Å². The average Bonchev–Trinajstić information content (AvgIpc) is 3.40. The Morgan fingerprint density at radius 1 is 0.886 bits per heavy atom. The monoisotopic (exact) mass is 615 g/mol. The molecule has 1 aromatic heterocycles. The predicted octanol–water partition coefficient (Wildman–Crippen LogP) is -0.153. The predicted molar refractivity (Wildman–Crippen MR) is 164 cm³/mol. The fraction of sp³-hybridized carbons (Fsp3) is 0.533. The molecule has 0 saturated heterocycles. The van der Waals surface area contributed by atoms with Gasteiger partial charge in [0.25, 0.3) is 0 Å². The average molecular weight is 616 g/mol. The van der Waals surface area contributed by atoms with Crippen molar-refractivity contribution in [2.45, 2.75) is 83.0 Å². The highest BCUT2D eigenvalue weighted by atomic mass is 16.4. The van der Waals surface area contributed by atoms with Crippen molar-refractivity contribution in [1.82, 2.24) is 26.3 Å². The number of hydrogen-bond donors (Lipinski definition) is 8. The third kappa shape index (κ3) is 11.8. The van der Waals surface area contributed by atoms with Crippen molar-refractivity contribution in [1.29, 1.82) is 0 Å². The summed E-state index contributed by atoms with van der Waals surface area (Å²) in [5.41, 5.74) is 12.5. The number of carbonyl (C=O) groups excluding carboxylic acids is 5. The molecule has 1 aromatic carbocycles. The summed E-state index contributed by atoms with van der Waals surface area (Å²) in [7, 11) is 0. The second-order valence-corrected chi connectivity index (χ2v) is 11.1. The summed E-state index contributed by atoms with van der Waals surface area (Å²) < 4.78 is 0. The highest BCUT2D eigenvalue weighted by Crippen LogP contribution is 2.19. The van der Waals surface area contributed by atoms with Crippen molar-refractivity contribution >= 4 is 46.8 Å². The van der Waals surface area contributed by atoms with Crippen LogP contribution < -0.4 is 32.7 Å². The molecule has 0 aliphatic heterocycles. The Kier molecular flexibility index (Phi) is 15.0. The zero-order chi connectivity index (χ0) is 32.6. The molecule has 242 valence electrons. The number of aromatic amines is 1. The number of carboxylic acid groups (broad SMARTS) is 1. The number of aldehydes is 1. The molecule has 14 nitrogen and oxygen atoms in total. The van der Waals surface area contributed by atoms with Crippen LogP contribution in [0.25, 0.3) is 10.9 Å². The van der Waals surface area contributed by atoms with Gasteiger partial charge in [-0.15, -0.1) is 0 Å². The van der Waals surface area contributed by atoms with Gasteiger partial charge in [0, 0.05) is 29.9 Å². The van der Waals surface area contributed by atoms with E-state index >= 15 is 0 Å². The number of carbonyl (C=O) groups is 6. The number of carboxylic acids is 1. The molecule has 2 aromatic rings. The molecular formula is C30H45N7O7. The van der Waals surface area contributed by atoms with Crippen LogP contribution in [0.3, 0.4) is 0 Å². The molecule has 4 amide bonds. The van der Waals surface area contributed by atoms with Gasteiger partial charge in [0.1, 0.15) is 24.4 Å². The van der Waals surface area contributed by atoms with Gasteiger partial charge < -0.3 is 47.6 Å². The van der Waals surface area contributed by atoms with E-state index in [2.05, 4.69) is 26.3 Å². The zero-order valence-electron chi connectivity index (χ0n) is 25.3. The van der Waals surface area contributed by atoms with Crippen molar-refractivity contribution in [3.63, 3.8) is 0 Å². The third-order valence-corrected chi connectivity index (χ3v) is 7.02. The minimum atomic E-state index is -1.17. The molecule has 10 N–H and O–H groups in total. The maximum absolute atomic E-state index is 13.7. The summed E-state index contributed by atoms with van der Waals surface area (Å²) in [6.07, 6.45) is 3.48. The molecule has 14 heteroatoms. The van der Waals surface area contributed by atoms with Gasteiger partial charge in [-0.3, -0.25) is 24.0 Å². The number of para-hydroxylation sites is 1. The van der Waals surface area contributed by atoms with E-state index in [1.54, 1.807) is 6.20 Å². The molecule has 0 fully saturated rings. The van der Waals surface area contributed by atoms with Crippen LogP contribution in [0.5, 0.6) is 0 Å². The first-order valence-corrected chi connectivity index (χ1v) is 14.8. The van der Waals surface area contributed by atoms with Crippen LogP contribution in [0.1, 0.15) is 57.9 Å². The van der Waals surface area contributed by atoms with E-state index < -0.39 is 53.8 Å². The molecule has 44 heavy (non-hydrogen) atoms. The first-order chi connectivity index (χ1) is 21.0. The second-order valence-electron chi connectivity index (χ2n) is 11.1. The number of rotatable bonds is 20. The van der Waals surface area contributed by atoms with Gasteiger partial charge in [0.2, 0.25) is 23.6 Å². The van der Waals surface area contributed by atoms with Crippen LogP contribution in [0, 0.1) is 5.92 Å². The van der Waals surface area contributed by atoms with E-state index in [0.29, 0.717) is 32.1 Å². The van der Waals surface area contributed by atoms with Gasteiger partial charge in [0.15, 0.2) is 0 Å². The van der Waals surface area contributed by atoms with Crippen molar-refractivity contribution in [2.24, 2.45) is 17.4 Å². The van der Waals surface area contributed by atoms with Gasteiger partial charge in [-0.25, -0.2) is 0 Å². The third-order valence-electron chi connectivity index (χ3n) is 7.02. The molecule has 0 bridgehead atoms. The Balaban J connectivity index is 2.31. The van der Waals surface area contributed by atoms with Crippen LogP contribution >= 0.6 is 0 Å². The summed E-state index contributed by atoms with van der Waals surface area (Å²) in [4.78, 5) is 78.1. The molecule has 2 rings (SSSR count). The van der Waals surface area contributed by atoms with Crippen molar-refractivity contribution in [3.8, 4) is 0 Å². The van der Waals surface area contributed by atoms with Gasteiger partial charge >= 0.3 is 5.97 Å². The lowest BCUT2D eigenvalue weighted by Crippen LogP contribution is -2.58. The van der Waals surface area contributed by atoms with Gasteiger partial charge in [-0.2, -0.15) is 0 Å². The number of aliphatic carboxylic acids is 1. The number of unbranched alkanes of at least 4 members (excludes halogenated alkanes) is 1. The fourth-order valence-electron chi connectivity index (χ4n) is 4.73. The Morgan fingerprint density at radius 2 is 1.55 bits per heavy atom. The first kappa shape index (κ1) is 35.9. The summed E-state index contributed by atoms with van der Waals surface area (Å²) in [5.74, 6) is -3.56. The van der Waals surface area contributed by atoms with Crippen LogP contribution in [-0.4, -0.2) is 83.2 Å². The number of nitrogens with two attached hydrogens (primary N) is 2. The van der Waals surface area contributed by atoms with Gasteiger partial charge in [0.05, 0.1) is 12.6 Å². The minimum absolute atomic E-state index is 0.0308. The lowest BCUT2D eigenvalue weighted by Gasteiger charge is -2.27. The highest BCUT2D eigenvalue weighted by Gasteiger charge is 2.31. The maximum atomic E-state index is 13.7. The Hall–Kier alpha value is -4.30. The number of amides is 4. The molecule has 0 aliphatic rings. The van der Waals surface area contributed by atoms with Crippen molar-refractivity contribution < 1.29 is 33.9 Å². The number of fused-ring (bicyclic) bond motifs is 1. The maximum Gasteiger partial charge on any atom is 0.303 e. The summed E-state index contributed by atoms with van der Waals surface area (Å²) >= 11 is 0. The lowest BCUT2D eigenvalue weighted by molar-refractivity contribution is -0.137. The number of H-pyrrole nitrogens is 1. The Bertz CT molecular complexity index is 1280. The van der Waals surface area contributed by atoms with Crippen molar-refractivity contribution in [2.75, 3.05) is 13.1 Å². The van der Waals surface area contributed by atoms with E-state index in [1.165, 1.54) is 0 Å². The summed E-state index contributed by atoms with van der Waals surface area (Å²) in [5, 5.41) is 20.4.